The molecule has 0 spiro atoms. The first kappa shape index (κ1) is 18.0. The number of amides is 1. The van der Waals surface area contributed by atoms with Crippen LogP contribution >= 0.6 is 0 Å². The summed E-state index contributed by atoms with van der Waals surface area (Å²) in [7, 11) is 0. The molecule has 1 fully saturated rings. The third-order valence-corrected chi connectivity index (χ3v) is 4.67. The number of carbonyl (C=O) groups excluding carboxylic acids is 1. The van der Waals surface area contributed by atoms with E-state index in [0.29, 0.717) is 49.9 Å². The Bertz CT molecular complexity index is 922. The van der Waals surface area contributed by atoms with Crippen molar-refractivity contribution in [2.24, 2.45) is 0 Å². The summed E-state index contributed by atoms with van der Waals surface area (Å²) in [6, 6.07) is 13.7. The van der Waals surface area contributed by atoms with Crippen LogP contribution < -0.4 is 10.2 Å². The normalized spacial score (nSPS) is 14.2. The molecule has 2 aromatic heterocycles. The van der Waals surface area contributed by atoms with Crippen molar-refractivity contribution in [1.82, 2.24) is 15.1 Å². The SMILES string of the molecule is O=C(c1ccc(NCc2ccco2)nn1)N1CCN(c2ccccc2F)CC1. The predicted molar refractivity (Wildman–Crippen MR) is 103 cm³/mol. The summed E-state index contributed by atoms with van der Waals surface area (Å²) in [5.74, 6) is 0.941. The van der Waals surface area contributed by atoms with E-state index in [1.807, 2.05) is 23.1 Å². The molecule has 7 nitrogen and oxygen atoms in total. The van der Waals surface area contributed by atoms with Gasteiger partial charge in [-0.2, -0.15) is 0 Å². The Morgan fingerprint density at radius 2 is 1.86 bits per heavy atom. The van der Waals surface area contributed by atoms with E-state index >= 15 is 0 Å². The van der Waals surface area contributed by atoms with E-state index < -0.39 is 0 Å². The Labute approximate surface area is 161 Å². The van der Waals surface area contributed by atoms with Crippen molar-refractivity contribution in [2.75, 3.05) is 36.4 Å². The average Bonchev–Trinajstić information content (AvgIpc) is 3.26. The molecule has 0 atom stereocenters. The first-order valence-electron chi connectivity index (χ1n) is 9.09. The lowest BCUT2D eigenvalue weighted by molar-refractivity contribution is 0.0739. The number of nitrogens with one attached hydrogen (secondary N) is 1. The highest BCUT2D eigenvalue weighted by atomic mass is 19.1. The van der Waals surface area contributed by atoms with Gasteiger partial charge in [0.05, 0.1) is 18.5 Å². The molecule has 1 aromatic carbocycles. The molecule has 1 amide bonds. The first-order chi connectivity index (χ1) is 13.7. The second kappa shape index (κ2) is 8.08. The van der Waals surface area contributed by atoms with Crippen LogP contribution in [-0.2, 0) is 6.54 Å². The van der Waals surface area contributed by atoms with Crippen LogP contribution in [0.2, 0.25) is 0 Å². The summed E-state index contributed by atoms with van der Waals surface area (Å²) in [6.45, 7) is 2.65. The van der Waals surface area contributed by atoms with Gasteiger partial charge in [-0.25, -0.2) is 4.39 Å². The number of halogens is 1. The molecule has 0 saturated carbocycles. The minimum atomic E-state index is -0.245. The second-order valence-corrected chi connectivity index (χ2v) is 6.47. The third-order valence-electron chi connectivity index (χ3n) is 4.67. The number of hydrogen-bond acceptors (Lipinski definition) is 6. The average molecular weight is 381 g/mol. The lowest BCUT2D eigenvalue weighted by Crippen LogP contribution is -2.49. The van der Waals surface area contributed by atoms with Crippen molar-refractivity contribution < 1.29 is 13.6 Å². The van der Waals surface area contributed by atoms with E-state index in [2.05, 4.69) is 15.5 Å². The number of carbonyl (C=O) groups is 1. The van der Waals surface area contributed by atoms with E-state index in [9.17, 15) is 9.18 Å². The van der Waals surface area contributed by atoms with Crippen molar-refractivity contribution in [2.45, 2.75) is 6.54 Å². The maximum absolute atomic E-state index is 13.9. The molecule has 0 unspecified atom stereocenters. The van der Waals surface area contributed by atoms with Gasteiger partial charge in [-0.1, -0.05) is 12.1 Å². The highest BCUT2D eigenvalue weighted by molar-refractivity contribution is 5.92. The largest absolute Gasteiger partial charge is 0.467 e. The summed E-state index contributed by atoms with van der Waals surface area (Å²) < 4.78 is 19.2. The van der Waals surface area contributed by atoms with Crippen LogP contribution in [-0.4, -0.2) is 47.2 Å². The van der Waals surface area contributed by atoms with Gasteiger partial charge in [0.2, 0.25) is 0 Å². The van der Waals surface area contributed by atoms with Gasteiger partial charge < -0.3 is 19.5 Å². The quantitative estimate of drug-likeness (QED) is 0.733. The molecule has 0 aliphatic carbocycles. The number of piperazine rings is 1. The molecule has 3 heterocycles. The van der Waals surface area contributed by atoms with E-state index in [-0.39, 0.29) is 11.7 Å². The summed E-state index contributed by atoms with van der Waals surface area (Å²) in [5, 5.41) is 11.2. The molecule has 4 rings (SSSR count). The van der Waals surface area contributed by atoms with Gasteiger partial charge in [-0.3, -0.25) is 4.79 Å². The van der Waals surface area contributed by atoms with Crippen LogP contribution in [0.3, 0.4) is 0 Å². The second-order valence-electron chi connectivity index (χ2n) is 6.47. The van der Waals surface area contributed by atoms with Crippen molar-refractivity contribution in [1.29, 1.82) is 0 Å². The number of aromatic nitrogens is 2. The van der Waals surface area contributed by atoms with Crippen LogP contribution in [0.15, 0.2) is 59.2 Å². The number of para-hydroxylation sites is 1. The molecule has 1 saturated heterocycles. The highest BCUT2D eigenvalue weighted by Gasteiger charge is 2.24. The number of anilines is 2. The smallest absolute Gasteiger partial charge is 0.274 e. The highest BCUT2D eigenvalue weighted by Crippen LogP contribution is 2.20. The Balaban J connectivity index is 1.33. The molecular weight excluding hydrogens is 361 g/mol. The summed E-state index contributed by atoms with van der Waals surface area (Å²) in [5.41, 5.74) is 0.865. The van der Waals surface area contributed by atoms with Gasteiger partial charge in [0.15, 0.2) is 5.69 Å². The molecule has 0 bridgehead atoms. The Morgan fingerprint density at radius 1 is 1.04 bits per heavy atom. The van der Waals surface area contributed by atoms with E-state index in [1.54, 1.807) is 35.4 Å². The minimum Gasteiger partial charge on any atom is -0.467 e. The molecule has 3 aromatic rings. The van der Waals surface area contributed by atoms with Crippen molar-refractivity contribution in [3.05, 3.63) is 72.1 Å². The molecule has 28 heavy (non-hydrogen) atoms. The van der Waals surface area contributed by atoms with Gasteiger partial charge >= 0.3 is 0 Å². The maximum atomic E-state index is 13.9. The molecular formula is C20H20FN5O2. The fraction of sp³-hybridized carbons (Fsp3) is 0.250. The van der Waals surface area contributed by atoms with Gasteiger partial charge in [0, 0.05) is 26.2 Å². The zero-order valence-corrected chi connectivity index (χ0v) is 15.2. The lowest BCUT2D eigenvalue weighted by atomic mass is 10.2. The number of benzene rings is 1. The Kier molecular flexibility index (Phi) is 5.18. The van der Waals surface area contributed by atoms with E-state index in [1.165, 1.54) is 6.07 Å². The maximum Gasteiger partial charge on any atom is 0.274 e. The standard InChI is InChI=1S/C20H20FN5O2/c21-16-5-1-2-6-18(16)25-9-11-26(12-10-25)20(27)17-7-8-19(24-23-17)22-14-15-4-3-13-28-15/h1-8,13H,9-12,14H2,(H,22,24). The summed E-state index contributed by atoms with van der Waals surface area (Å²) >= 11 is 0. The third kappa shape index (κ3) is 3.95. The molecule has 1 aliphatic rings. The van der Waals surface area contributed by atoms with Crippen molar-refractivity contribution >= 4 is 17.4 Å². The summed E-state index contributed by atoms with van der Waals surface area (Å²) in [6.07, 6.45) is 1.61. The molecule has 144 valence electrons. The monoisotopic (exact) mass is 381 g/mol. The number of hydrogen-bond donors (Lipinski definition) is 1. The van der Waals surface area contributed by atoms with Crippen LogP contribution in [0, 0.1) is 5.82 Å². The van der Waals surface area contributed by atoms with E-state index in [0.717, 1.165) is 5.76 Å². The zero-order chi connectivity index (χ0) is 19.3. The van der Waals surface area contributed by atoms with Gasteiger partial charge in [-0.15, -0.1) is 10.2 Å². The molecule has 1 N–H and O–H groups in total. The number of furan rings is 1. The first-order valence-corrected chi connectivity index (χ1v) is 9.09. The van der Waals surface area contributed by atoms with Crippen LogP contribution in [0.5, 0.6) is 0 Å². The fourth-order valence-corrected chi connectivity index (χ4v) is 3.15. The van der Waals surface area contributed by atoms with Crippen LogP contribution in [0.4, 0.5) is 15.9 Å². The number of rotatable bonds is 5. The van der Waals surface area contributed by atoms with E-state index in [4.69, 9.17) is 4.42 Å². The van der Waals surface area contributed by atoms with Gasteiger partial charge in [-0.05, 0) is 36.4 Å². The molecule has 8 heteroatoms. The summed E-state index contributed by atoms with van der Waals surface area (Å²) in [4.78, 5) is 16.3. The Hall–Kier alpha value is -3.42. The molecule has 0 radical (unpaired) electrons. The van der Waals surface area contributed by atoms with Crippen LogP contribution in [0.1, 0.15) is 16.2 Å². The predicted octanol–water partition coefficient (Wildman–Crippen LogP) is 2.78. The van der Waals surface area contributed by atoms with Gasteiger partial charge in [0.25, 0.3) is 5.91 Å². The zero-order valence-electron chi connectivity index (χ0n) is 15.2. The van der Waals surface area contributed by atoms with Crippen molar-refractivity contribution in [3.63, 3.8) is 0 Å². The van der Waals surface area contributed by atoms with Crippen molar-refractivity contribution in [3.8, 4) is 0 Å². The van der Waals surface area contributed by atoms with Crippen LogP contribution in [0.25, 0.3) is 0 Å². The number of nitrogens with zero attached hydrogens (tertiary/aromatic N) is 4. The van der Waals surface area contributed by atoms with Gasteiger partial charge in [0.1, 0.15) is 17.4 Å². The Morgan fingerprint density at radius 3 is 2.54 bits per heavy atom. The molecule has 1 aliphatic heterocycles. The topological polar surface area (TPSA) is 74.5 Å². The minimum absolute atomic E-state index is 0.168. The fourth-order valence-electron chi connectivity index (χ4n) is 3.15. The lowest BCUT2D eigenvalue weighted by Gasteiger charge is -2.36.